The zero-order valence-corrected chi connectivity index (χ0v) is 12.0. The van der Waals surface area contributed by atoms with E-state index >= 15 is 0 Å². The number of nitrogens with zero attached hydrogens (tertiary/aromatic N) is 1. The lowest BCUT2D eigenvalue weighted by Crippen LogP contribution is -2.26. The van der Waals surface area contributed by atoms with Gasteiger partial charge in [0.2, 0.25) is 0 Å². The van der Waals surface area contributed by atoms with E-state index in [4.69, 9.17) is 0 Å². The Hall–Kier alpha value is -1.76. The van der Waals surface area contributed by atoms with Crippen LogP contribution in [0, 0.1) is 10.1 Å². The predicted molar refractivity (Wildman–Crippen MR) is 80.5 cm³/mol. The molecule has 0 aromatic heterocycles. The summed E-state index contributed by atoms with van der Waals surface area (Å²) in [4.78, 5) is 22.3. The van der Waals surface area contributed by atoms with Crippen LogP contribution in [0.25, 0.3) is 0 Å². The van der Waals surface area contributed by atoms with E-state index in [1.54, 1.807) is 6.07 Å². The fourth-order valence-corrected chi connectivity index (χ4v) is 3.24. The molecule has 1 aromatic carbocycles. The summed E-state index contributed by atoms with van der Waals surface area (Å²) in [5.74, 6) is 1.82. The number of hydrogen-bond acceptors (Lipinski definition) is 5. The molecule has 2 N–H and O–H groups in total. The van der Waals surface area contributed by atoms with Crippen LogP contribution < -0.4 is 10.6 Å². The van der Waals surface area contributed by atoms with Gasteiger partial charge in [-0.05, 0) is 30.7 Å². The highest BCUT2D eigenvalue weighted by atomic mass is 32.2. The quantitative estimate of drug-likeness (QED) is 0.657. The number of carbonyl (C=O) groups excluding carboxylic acids is 1. The monoisotopic (exact) mass is 295 g/mol. The van der Waals surface area contributed by atoms with Crippen molar-refractivity contribution in [3.05, 3.63) is 33.9 Å². The lowest BCUT2D eigenvalue weighted by Gasteiger charge is -2.23. The molecule has 0 bridgehead atoms. The predicted octanol–water partition coefficient (Wildman–Crippen LogP) is 2.26. The Balaban J connectivity index is 2.26. The minimum absolute atomic E-state index is 0.00762. The van der Waals surface area contributed by atoms with Crippen LogP contribution in [0.3, 0.4) is 0 Å². The second kappa shape index (κ2) is 6.60. The number of hydrogen-bond donors (Lipinski definition) is 2. The van der Waals surface area contributed by atoms with E-state index in [1.165, 1.54) is 19.2 Å². The highest BCUT2D eigenvalue weighted by molar-refractivity contribution is 7.99. The SMILES string of the molecule is CNC(=O)c1ccc([N+](=O)[O-])c(NC2CCCSC2)c1. The fourth-order valence-electron chi connectivity index (χ4n) is 2.17. The van der Waals surface area contributed by atoms with E-state index in [2.05, 4.69) is 10.6 Å². The van der Waals surface area contributed by atoms with Gasteiger partial charge in [-0.2, -0.15) is 11.8 Å². The molecule has 20 heavy (non-hydrogen) atoms. The second-order valence-electron chi connectivity index (χ2n) is 4.63. The number of thioether (sulfide) groups is 1. The third-order valence-corrected chi connectivity index (χ3v) is 4.42. The first kappa shape index (κ1) is 14.6. The van der Waals surface area contributed by atoms with Gasteiger partial charge in [0, 0.05) is 30.5 Å². The normalized spacial score (nSPS) is 18.4. The number of amides is 1. The molecule has 1 saturated heterocycles. The first-order valence-electron chi connectivity index (χ1n) is 6.46. The summed E-state index contributed by atoms with van der Waals surface area (Å²) in [7, 11) is 1.54. The molecule has 1 unspecified atom stereocenters. The number of nitrogens with one attached hydrogen (secondary N) is 2. The van der Waals surface area contributed by atoms with Crippen molar-refractivity contribution < 1.29 is 9.72 Å². The molecule has 0 spiro atoms. The molecular formula is C13H17N3O3S. The largest absolute Gasteiger partial charge is 0.376 e. The Morgan fingerprint density at radius 2 is 2.30 bits per heavy atom. The van der Waals surface area contributed by atoms with Gasteiger partial charge in [0.25, 0.3) is 11.6 Å². The molecule has 0 radical (unpaired) electrons. The maximum atomic E-state index is 11.6. The van der Waals surface area contributed by atoms with Gasteiger partial charge in [0.05, 0.1) is 4.92 Å². The molecular weight excluding hydrogens is 278 g/mol. The highest BCUT2D eigenvalue weighted by Crippen LogP contribution is 2.29. The van der Waals surface area contributed by atoms with Crippen LogP contribution >= 0.6 is 11.8 Å². The maximum absolute atomic E-state index is 11.6. The van der Waals surface area contributed by atoms with Crippen LogP contribution in [0.2, 0.25) is 0 Å². The minimum atomic E-state index is -0.425. The van der Waals surface area contributed by atoms with Crippen molar-refractivity contribution in [2.75, 3.05) is 23.9 Å². The third-order valence-electron chi connectivity index (χ3n) is 3.20. The van der Waals surface area contributed by atoms with Crippen LogP contribution in [0.1, 0.15) is 23.2 Å². The second-order valence-corrected chi connectivity index (χ2v) is 5.78. The van der Waals surface area contributed by atoms with E-state index in [0.717, 1.165) is 24.3 Å². The van der Waals surface area contributed by atoms with Crippen LogP contribution in [0.5, 0.6) is 0 Å². The Bertz CT molecular complexity index is 516. The average Bonchev–Trinajstić information content (AvgIpc) is 2.47. The summed E-state index contributed by atoms with van der Waals surface area (Å²) >= 11 is 1.84. The highest BCUT2D eigenvalue weighted by Gasteiger charge is 2.20. The van der Waals surface area contributed by atoms with E-state index in [1.807, 2.05) is 11.8 Å². The molecule has 1 aliphatic heterocycles. The van der Waals surface area contributed by atoms with Gasteiger partial charge >= 0.3 is 0 Å². The number of rotatable bonds is 4. The summed E-state index contributed by atoms with van der Waals surface area (Å²) < 4.78 is 0. The molecule has 1 fully saturated rings. The maximum Gasteiger partial charge on any atom is 0.292 e. The molecule has 2 rings (SSSR count). The van der Waals surface area contributed by atoms with Crippen LogP contribution in [0.4, 0.5) is 11.4 Å². The molecule has 6 nitrogen and oxygen atoms in total. The van der Waals surface area contributed by atoms with Gasteiger partial charge in [-0.25, -0.2) is 0 Å². The zero-order valence-electron chi connectivity index (χ0n) is 11.2. The molecule has 1 aliphatic rings. The molecule has 1 amide bonds. The summed E-state index contributed by atoms with van der Waals surface area (Å²) in [6.07, 6.45) is 2.10. The van der Waals surface area contributed by atoms with Crippen LogP contribution in [0.15, 0.2) is 18.2 Å². The molecule has 108 valence electrons. The molecule has 0 aliphatic carbocycles. The number of anilines is 1. The number of carbonyl (C=O) groups is 1. The summed E-state index contributed by atoms with van der Waals surface area (Å²) in [5, 5.41) is 16.8. The van der Waals surface area contributed by atoms with Gasteiger partial charge in [0.1, 0.15) is 5.69 Å². The van der Waals surface area contributed by atoms with E-state index in [-0.39, 0.29) is 17.6 Å². The lowest BCUT2D eigenvalue weighted by atomic mass is 10.1. The average molecular weight is 295 g/mol. The Morgan fingerprint density at radius 1 is 1.50 bits per heavy atom. The first-order chi connectivity index (χ1) is 9.61. The van der Waals surface area contributed by atoms with Gasteiger partial charge in [-0.1, -0.05) is 0 Å². The number of nitro groups is 1. The van der Waals surface area contributed by atoms with Crippen molar-refractivity contribution >= 4 is 29.0 Å². The van der Waals surface area contributed by atoms with Crippen molar-refractivity contribution in [3.63, 3.8) is 0 Å². The summed E-state index contributed by atoms with van der Waals surface area (Å²) in [6, 6.07) is 4.61. The van der Waals surface area contributed by atoms with Crippen molar-refractivity contribution in [3.8, 4) is 0 Å². The van der Waals surface area contributed by atoms with Gasteiger partial charge in [-0.15, -0.1) is 0 Å². The van der Waals surface area contributed by atoms with E-state index in [0.29, 0.717) is 11.3 Å². The van der Waals surface area contributed by atoms with Crippen molar-refractivity contribution in [2.24, 2.45) is 0 Å². The minimum Gasteiger partial charge on any atom is -0.376 e. The number of nitro benzene ring substituents is 1. The molecule has 0 saturated carbocycles. The molecule has 1 heterocycles. The fraction of sp³-hybridized carbons (Fsp3) is 0.462. The van der Waals surface area contributed by atoms with Gasteiger partial charge in [0.15, 0.2) is 0 Å². The smallest absolute Gasteiger partial charge is 0.292 e. The third kappa shape index (κ3) is 3.41. The summed E-state index contributed by atoms with van der Waals surface area (Å²) in [6.45, 7) is 0. The van der Waals surface area contributed by atoms with E-state index < -0.39 is 4.92 Å². The topological polar surface area (TPSA) is 84.3 Å². The van der Waals surface area contributed by atoms with Gasteiger partial charge in [-0.3, -0.25) is 14.9 Å². The van der Waals surface area contributed by atoms with Crippen molar-refractivity contribution in [2.45, 2.75) is 18.9 Å². The first-order valence-corrected chi connectivity index (χ1v) is 7.62. The molecule has 7 heteroatoms. The Labute approximate surface area is 121 Å². The molecule has 1 atom stereocenters. The lowest BCUT2D eigenvalue weighted by molar-refractivity contribution is -0.384. The van der Waals surface area contributed by atoms with Crippen LogP contribution in [-0.4, -0.2) is 35.4 Å². The van der Waals surface area contributed by atoms with Gasteiger partial charge < -0.3 is 10.6 Å². The van der Waals surface area contributed by atoms with Crippen molar-refractivity contribution in [1.29, 1.82) is 0 Å². The summed E-state index contributed by atoms with van der Waals surface area (Å²) in [5.41, 5.74) is 0.848. The van der Waals surface area contributed by atoms with Crippen molar-refractivity contribution in [1.82, 2.24) is 5.32 Å². The van der Waals surface area contributed by atoms with Crippen LogP contribution in [-0.2, 0) is 0 Å². The number of benzene rings is 1. The Morgan fingerprint density at radius 3 is 2.90 bits per heavy atom. The zero-order chi connectivity index (χ0) is 14.5. The van der Waals surface area contributed by atoms with E-state index in [9.17, 15) is 14.9 Å². The standard InChI is InChI=1S/C13H17N3O3S/c1-14-13(17)9-4-5-12(16(18)19)11(7-9)15-10-3-2-6-20-8-10/h4-5,7,10,15H,2-3,6,8H2,1H3,(H,14,17). The Kier molecular flexibility index (Phi) is 4.84. The molecule has 1 aromatic rings.